The standard InChI is InChI=1S/C18H15BrN2OS/c1-12-3-2-4-15(9-12)20-17(22)10-18-21-16(11-23-18)13-5-7-14(19)8-6-13/h2-9,11H,10H2,1H3,(H,20,22). The van der Waals surface area contributed by atoms with Crippen molar-refractivity contribution in [1.29, 1.82) is 0 Å². The van der Waals surface area contributed by atoms with Gasteiger partial charge in [0.25, 0.3) is 0 Å². The monoisotopic (exact) mass is 386 g/mol. The van der Waals surface area contributed by atoms with Crippen LogP contribution in [0.25, 0.3) is 11.3 Å². The molecule has 0 atom stereocenters. The van der Waals surface area contributed by atoms with Crippen molar-refractivity contribution in [1.82, 2.24) is 4.98 Å². The molecule has 23 heavy (non-hydrogen) atoms. The van der Waals surface area contributed by atoms with Crippen LogP contribution in [0.4, 0.5) is 5.69 Å². The first kappa shape index (κ1) is 15.9. The molecule has 0 radical (unpaired) electrons. The number of carbonyl (C=O) groups is 1. The Hall–Kier alpha value is -1.98. The van der Waals surface area contributed by atoms with E-state index in [-0.39, 0.29) is 12.3 Å². The fraction of sp³-hybridized carbons (Fsp3) is 0.111. The van der Waals surface area contributed by atoms with Gasteiger partial charge in [0.2, 0.25) is 5.91 Å². The minimum atomic E-state index is -0.0488. The molecule has 2 aromatic carbocycles. The van der Waals surface area contributed by atoms with Crippen LogP contribution in [0.2, 0.25) is 0 Å². The number of hydrogen-bond donors (Lipinski definition) is 1. The first-order chi connectivity index (χ1) is 11.1. The maximum Gasteiger partial charge on any atom is 0.231 e. The van der Waals surface area contributed by atoms with Gasteiger partial charge in [0.05, 0.1) is 12.1 Å². The molecule has 116 valence electrons. The second kappa shape index (κ2) is 7.06. The Labute approximate surface area is 147 Å². The van der Waals surface area contributed by atoms with Crippen LogP contribution >= 0.6 is 27.3 Å². The molecule has 1 amide bonds. The molecule has 3 rings (SSSR count). The number of rotatable bonds is 4. The van der Waals surface area contributed by atoms with Gasteiger partial charge in [0.15, 0.2) is 0 Å². The summed E-state index contributed by atoms with van der Waals surface area (Å²) in [7, 11) is 0. The number of nitrogens with zero attached hydrogens (tertiary/aromatic N) is 1. The summed E-state index contributed by atoms with van der Waals surface area (Å²) in [6.07, 6.45) is 0.287. The summed E-state index contributed by atoms with van der Waals surface area (Å²) in [5, 5.41) is 5.71. The maximum atomic E-state index is 12.1. The lowest BCUT2D eigenvalue weighted by Gasteiger charge is -2.04. The number of amides is 1. The molecule has 0 aliphatic carbocycles. The van der Waals surface area contributed by atoms with Crippen molar-refractivity contribution < 1.29 is 4.79 Å². The zero-order chi connectivity index (χ0) is 16.2. The lowest BCUT2D eigenvalue weighted by atomic mass is 10.2. The van der Waals surface area contributed by atoms with Crippen LogP contribution in [0.5, 0.6) is 0 Å². The second-order valence-electron chi connectivity index (χ2n) is 5.23. The Morgan fingerprint density at radius 1 is 1.22 bits per heavy atom. The number of hydrogen-bond acceptors (Lipinski definition) is 3. The molecule has 3 aromatic rings. The molecule has 0 aliphatic heterocycles. The average Bonchev–Trinajstić information content (AvgIpc) is 2.96. The largest absolute Gasteiger partial charge is 0.326 e. The summed E-state index contributed by atoms with van der Waals surface area (Å²) < 4.78 is 1.04. The summed E-state index contributed by atoms with van der Waals surface area (Å²) in [5.74, 6) is -0.0488. The van der Waals surface area contributed by atoms with Gasteiger partial charge in [0.1, 0.15) is 5.01 Å². The van der Waals surface area contributed by atoms with Crippen LogP contribution in [0.3, 0.4) is 0 Å². The third kappa shape index (κ3) is 4.27. The predicted octanol–water partition coefficient (Wildman–Crippen LogP) is 5.06. The minimum Gasteiger partial charge on any atom is -0.326 e. The maximum absolute atomic E-state index is 12.1. The van der Waals surface area contributed by atoms with Crippen molar-refractivity contribution in [2.75, 3.05) is 5.32 Å². The molecule has 5 heteroatoms. The van der Waals surface area contributed by atoms with Crippen LogP contribution in [0, 0.1) is 6.92 Å². The Morgan fingerprint density at radius 2 is 2.00 bits per heavy atom. The quantitative estimate of drug-likeness (QED) is 0.680. The van der Waals surface area contributed by atoms with Gasteiger partial charge in [-0.3, -0.25) is 4.79 Å². The summed E-state index contributed by atoms with van der Waals surface area (Å²) in [6.45, 7) is 2.00. The fourth-order valence-corrected chi connectivity index (χ4v) is 3.28. The zero-order valence-electron chi connectivity index (χ0n) is 12.5. The number of nitrogens with one attached hydrogen (secondary N) is 1. The molecule has 1 N–H and O–H groups in total. The van der Waals surface area contributed by atoms with Crippen LogP contribution < -0.4 is 5.32 Å². The molecular formula is C18H15BrN2OS. The summed E-state index contributed by atoms with van der Waals surface area (Å²) in [6, 6.07) is 15.8. The average molecular weight is 387 g/mol. The van der Waals surface area contributed by atoms with E-state index in [9.17, 15) is 4.79 Å². The van der Waals surface area contributed by atoms with E-state index < -0.39 is 0 Å². The first-order valence-corrected chi connectivity index (χ1v) is 8.84. The van der Waals surface area contributed by atoms with Crippen molar-refractivity contribution in [2.45, 2.75) is 13.3 Å². The van der Waals surface area contributed by atoms with Gasteiger partial charge in [-0.05, 0) is 36.8 Å². The normalized spacial score (nSPS) is 10.5. The van der Waals surface area contributed by atoms with E-state index >= 15 is 0 Å². The van der Waals surface area contributed by atoms with E-state index in [1.54, 1.807) is 0 Å². The van der Waals surface area contributed by atoms with Crippen molar-refractivity contribution in [2.24, 2.45) is 0 Å². The molecule has 1 heterocycles. The number of halogens is 1. The molecule has 0 bridgehead atoms. The number of aryl methyl sites for hydroxylation is 1. The van der Waals surface area contributed by atoms with E-state index in [1.807, 2.05) is 60.8 Å². The van der Waals surface area contributed by atoms with Crippen LogP contribution in [0.1, 0.15) is 10.6 Å². The molecular weight excluding hydrogens is 372 g/mol. The van der Waals surface area contributed by atoms with Crippen molar-refractivity contribution in [3.05, 3.63) is 69.0 Å². The number of anilines is 1. The van der Waals surface area contributed by atoms with Gasteiger partial charge < -0.3 is 5.32 Å². The number of aromatic nitrogens is 1. The number of benzene rings is 2. The Bertz CT molecular complexity index is 827. The Kier molecular flexibility index (Phi) is 4.88. The van der Waals surface area contributed by atoms with E-state index in [0.717, 1.165) is 32.0 Å². The van der Waals surface area contributed by atoms with E-state index in [1.165, 1.54) is 11.3 Å². The summed E-state index contributed by atoms with van der Waals surface area (Å²) >= 11 is 4.93. The molecule has 0 saturated carbocycles. The molecule has 0 saturated heterocycles. The highest BCUT2D eigenvalue weighted by Crippen LogP contribution is 2.24. The minimum absolute atomic E-state index is 0.0488. The molecule has 0 spiro atoms. The van der Waals surface area contributed by atoms with Gasteiger partial charge in [-0.1, -0.05) is 40.2 Å². The Balaban J connectivity index is 1.66. The van der Waals surface area contributed by atoms with Gasteiger partial charge >= 0.3 is 0 Å². The van der Waals surface area contributed by atoms with Gasteiger partial charge in [-0.2, -0.15) is 0 Å². The fourth-order valence-electron chi connectivity index (χ4n) is 2.21. The number of carbonyl (C=O) groups excluding carboxylic acids is 1. The first-order valence-electron chi connectivity index (χ1n) is 7.17. The van der Waals surface area contributed by atoms with Crippen molar-refractivity contribution in [3.63, 3.8) is 0 Å². The Morgan fingerprint density at radius 3 is 2.74 bits per heavy atom. The molecule has 3 nitrogen and oxygen atoms in total. The van der Waals surface area contributed by atoms with Gasteiger partial charge in [0, 0.05) is 21.1 Å². The SMILES string of the molecule is Cc1cccc(NC(=O)Cc2nc(-c3ccc(Br)cc3)cs2)c1. The third-order valence-corrected chi connectivity index (χ3v) is 4.68. The van der Waals surface area contributed by atoms with Gasteiger partial charge in [-0.15, -0.1) is 11.3 Å². The van der Waals surface area contributed by atoms with Gasteiger partial charge in [-0.25, -0.2) is 4.98 Å². The van der Waals surface area contributed by atoms with Crippen LogP contribution in [0.15, 0.2) is 58.4 Å². The highest BCUT2D eigenvalue weighted by molar-refractivity contribution is 9.10. The smallest absolute Gasteiger partial charge is 0.231 e. The van der Waals surface area contributed by atoms with E-state index in [2.05, 4.69) is 26.2 Å². The molecule has 0 unspecified atom stereocenters. The number of thiazole rings is 1. The second-order valence-corrected chi connectivity index (χ2v) is 7.09. The van der Waals surface area contributed by atoms with Crippen LogP contribution in [-0.4, -0.2) is 10.9 Å². The highest BCUT2D eigenvalue weighted by Gasteiger charge is 2.09. The van der Waals surface area contributed by atoms with Crippen LogP contribution in [-0.2, 0) is 11.2 Å². The highest BCUT2D eigenvalue weighted by atomic mass is 79.9. The zero-order valence-corrected chi connectivity index (χ0v) is 14.9. The molecule has 0 aliphatic rings. The topological polar surface area (TPSA) is 42.0 Å². The lowest BCUT2D eigenvalue weighted by Crippen LogP contribution is -2.14. The summed E-state index contributed by atoms with van der Waals surface area (Å²) in [5.41, 5.74) is 3.89. The third-order valence-electron chi connectivity index (χ3n) is 3.31. The van der Waals surface area contributed by atoms with E-state index in [0.29, 0.717) is 0 Å². The van der Waals surface area contributed by atoms with E-state index in [4.69, 9.17) is 0 Å². The van der Waals surface area contributed by atoms with Crippen molar-refractivity contribution in [3.8, 4) is 11.3 Å². The predicted molar refractivity (Wildman–Crippen MR) is 98.8 cm³/mol. The van der Waals surface area contributed by atoms with Crippen molar-refractivity contribution >= 4 is 38.9 Å². The lowest BCUT2D eigenvalue weighted by molar-refractivity contribution is -0.115. The molecule has 0 fully saturated rings. The molecule has 1 aromatic heterocycles. The summed E-state index contributed by atoms with van der Waals surface area (Å²) in [4.78, 5) is 16.7.